The van der Waals surface area contributed by atoms with Gasteiger partial charge in [0, 0.05) is 11.5 Å². The van der Waals surface area contributed by atoms with Crippen LogP contribution in [0.15, 0.2) is 35.9 Å². The molecule has 1 aromatic carbocycles. The maximum Gasteiger partial charge on any atom is 0.125 e. The highest BCUT2D eigenvalue weighted by molar-refractivity contribution is 5.39. The second-order valence-electron chi connectivity index (χ2n) is 7.32. The van der Waals surface area contributed by atoms with Crippen molar-refractivity contribution in [3.05, 3.63) is 41.5 Å². The first-order chi connectivity index (χ1) is 10.5. The number of fused-ring (bicyclic) bond motifs is 3. The lowest BCUT2D eigenvalue weighted by Crippen LogP contribution is -2.50. The van der Waals surface area contributed by atoms with Crippen LogP contribution in [0.5, 0.6) is 5.75 Å². The zero-order valence-electron chi connectivity index (χ0n) is 14.3. The molecular weight excluding hydrogens is 272 g/mol. The lowest BCUT2D eigenvalue weighted by atomic mass is 9.72. The molecule has 0 radical (unpaired) electrons. The van der Waals surface area contributed by atoms with Crippen molar-refractivity contribution in [3.8, 4) is 5.75 Å². The Morgan fingerprint density at radius 2 is 2.05 bits per heavy atom. The Morgan fingerprint density at radius 3 is 2.82 bits per heavy atom. The molecule has 120 valence electrons. The van der Waals surface area contributed by atoms with Gasteiger partial charge in [-0.15, -0.1) is 0 Å². The summed E-state index contributed by atoms with van der Waals surface area (Å²) in [6, 6.07) is 8.41. The maximum absolute atomic E-state index is 6.50. The predicted octanol–water partition coefficient (Wildman–Crippen LogP) is 5.44. The fourth-order valence-corrected chi connectivity index (χ4v) is 3.91. The van der Waals surface area contributed by atoms with Crippen molar-refractivity contribution in [1.29, 1.82) is 0 Å². The Balaban J connectivity index is 1.90. The summed E-state index contributed by atoms with van der Waals surface area (Å²) < 4.78 is 12.8. The Bertz CT molecular complexity index is 559. The van der Waals surface area contributed by atoms with Crippen molar-refractivity contribution in [2.45, 2.75) is 71.2 Å². The van der Waals surface area contributed by atoms with Crippen molar-refractivity contribution in [2.75, 3.05) is 0 Å². The summed E-state index contributed by atoms with van der Waals surface area (Å²) in [5.41, 5.74) is 2.48. The first-order valence-corrected chi connectivity index (χ1v) is 8.56. The molecule has 2 aliphatic rings. The highest BCUT2D eigenvalue weighted by Gasteiger charge is 2.48. The summed E-state index contributed by atoms with van der Waals surface area (Å²) in [5.74, 6) is 1.46. The Labute approximate surface area is 134 Å². The van der Waals surface area contributed by atoms with Crippen LogP contribution in [0.4, 0.5) is 0 Å². The molecule has 1 fully saturated rings. The molecule has 1 aromatic rings. The summed E-state index contributed by atoms with van der Waals surface area (Å²) in [6.45, 7) is 8.79. The minimum Gasteiger partial charge on any atom is -0.487 e. The quantitative estimate of drug-likeness (QED) is 0.692. The fraction of sp³-hybridized carbons (Fsp3) is 0.600. The third kappa shape index (κ3) is 2.94. The zero-order valence-corrected chi connectivity index (χ0v) is 14.3. The number of benzene rings is 1. The van der Waals surface area contributed by atoms with Crippen LogP contribution in [-0.4, -0.2) is 11.7 Å². The molecule has 3 rings (SSSR count). The smallest absolute Gasteiger partial charge is 0.125 e. The third-order valence-electron chi connectivity index (χ3n) is 5.17. The molecule has 0 aliphatic carbocycles. The van der Waals surface area contributed by atoms with E-state index in [0.717, 1.165) is 25.0 Å². The van der Waals surface area contributed by atoms with Crippen molar-refractivity contribution < 1.29 is 9.47 Å². The van der Waals surface area contributed by atoms with Crippen molar-refractivity contribution in [3.63, 3.8) is 0 Å². The Kier molecular flexibility index (Phi) is 4.31. The van der Waals surface area contributed by atoms with Gasteiger partial charge in [0.25, 0.3) is 0 Å². The third-order valence-corrected chi connectivity index (χ3v) is 5.17. The van der Waals surface area contributed by atoms with Gasteiger partial charge >= 0.3 is 0 Å². The maximum atomic E-state index is 6.50. The normalized spacial score (nSPS) is 33.4. The number of ether oxygens (including phenoxy) is 2. The lowest BCUT2D eigenvalue weighted by molar-refractivity contribution is -0.152. The average molecular weight is 300 g/mol. The molecule has 22 heavy (non-hydrogen) atoms. The molecule has 2 heteroatoms. The molecule has 2 aliphatic heterocycles. The molecule has 2 heterocycles. The van der Waals surface area contributed by atoms with Gasteiger partial charge in [-0.2, -0.15) is 0 Å². The topological polar surface area (TPSA) is 18.5 Å². The fourth-order valence-electron chi connectivity index (χ4n) is 3.91. The van der Waals surface area contributed by atoms with Crippen LogP contribution in [0, 0.1) is 5.92 Å². The minimum atomic E-state index is -0.134. The molecule has 0 bridgehead atoms. The summed E-state index contributed by atoms with van der Waals surface area (Å²) in [4.78, 5) is 0. The van der Waals surface area contributed by atoms with Gasteiger partial charge in [0.05, 0.1) is 12.2 Å². The number of para-hydroxylation sites is 1. The molecular formula is C20H28O2. The molecule has 0 amide bonds. The summed E-state index contributed by atoms with van der Waals surface area (Å²) in [7, 11) is 0. The zero-order chi connectivity index (χ0) is 15.7. The van der Waals surface area contributed by atoms with Crippen molar-refractivity contribution in [1.82, 2.24) is 0 Å². The van der Waals surface area contributed by atoms with Crippen LogP contribution < -0.4 is 4.74 Å². The molecule has 2 nitrogen and oxygen atoms in total. The van der Waals surface area contributed by atoms with Crippen molar-refractivity contribution >= 4 is 0 Å². The number of rotatable bonds is 3. The van der Waals surface area contributed by atoms with Crippen LogP contribution in [-0.2, 0) is 4.74 Å². The van der Waals surface area contributed by atoms with E-state index in [9.17, 15) is 0 Å². The van der Waals surface area contributed by atoms with Gasteiger partial charge < -0.3 is 9.47 Å². The average Bonchev–Trinajstić information content (AvgIpc) is 2.46. The monoisotopic (exact) mass is 300 g/mol. The van der Waals surface area contributed by atoms with Gasteiger partial charge in [-0.25, -0.2) is 0 Å². The summed E-state index contributed by atoms with van der Waals surface area (Å²) >= 11 is 0. The number of hydrogen-bond donors (Lipinski definition) is 0. The summed E-state index contributed by atoms with van der Waals surface area (Å²) in [6.07, 6.45) is 7.28. The SMILES string of the molecule is CC(C)=CCC[C@]1(C)Oc2ccccc2[C@@H]2O[C@@H](C)CC[C@H]21. The van der Waals surface area contributed by atoms with E-state index in [1.54, 1.807) is 0 Å². The van der Waals surface area contributed by atoms with Gasteiger partial charge in [-0.3, -0.25) is 0 Å². The molecule has 0 spiro atoms. The standard InChI is InChI=1S/C20H28O2/c1-14(2)8-7-13-20(4)17-12-11-15(3)21-19(17)16-9-5-6-10-18(16)22-20/h5-6,8-10,15,17,19H,7,11-13H2,1-4H3/t15-,17+,19-,20-/m0/s1. The highest BCUT2D eigenvalue weighted by atomic mass is 16.5. The van der Waals surface area contributed by atoms with Gasteiger partial charge in [-0.05, 0) is 59.4 Å². The molecule has 1 saturated heterocycles. The van der Waals surface area contributed by atoms with E-state index in [1.807, 2.05) is 0 Å². The first kappa shape index (κ1) is 15.6. The van der Waals surface area contributed by atoms with Gasteiger partial charge in [0.15, 0.2) is 0 Å². The number of hydrogen-bond acceptors (Lipinski definition) is 2. The summed E-state index contributed by atoms with van der Waals surface area (Å²) in [5, 5.41) is 0. The van der Waals surface area contributed by atoms with Crippen LogP contribution in [0.2, 0.25) is 0 Å². The van der Waals surface area contributed by atoms with Crippen LogP contribution in [0.25, 0.3) is 0 Å². The molecule has 0 saturated carbocycles. The van der Waals surface area contributed by atoms with E-state index in [2.05, 4.69) is 58.0 Å². The molecule has 0 N–H and O–H groups in total. The van der Waals surface area contributed by atoms with E-state index in [4.69, 9.17) is 9.47 Å². The molecule has 4 atom stereocenters. The van der Waals surface area contributed by atoms with Crippen LogP contribution >= 0.6 is 0 Å². The highest BCUT2D eigenvalue weighted by Crippen LogP contribution is 2.51. The van der Waals surface area contributed by atoms with Crippen LogP contribution in [0.3, 0.4) is 0 Å². The van der Waals surface area contributed by atoms with E-state index < -0.39 is 0 Å². The minimum absolute atomic E-state index is 0.134. The Morgan fingerprint density at radius 1 is 1.27 bits per heavy atom. The Hall–Kier alpha value is -1.28. The first-order valence-electron chi connectivity index (χ1n) is 8.56. The van der Waals surface area contributed by atoms with Gasteiger partial charge in [-0.1, -0.05) is 29.8 Å². The lowest BCUT2D eigenvalue weighted by Gasteiger charge is -2.50. The molecule has 0 unspecified atom stereocenters. The van der Waals surface area contributed by atoms with Crippen LogP contribution in [0.1, 0.15) is 65.0 Å². The van der Waals surface area contributed by atoms with Gasteiger partial charge in [0.1, 0.15) is 11.4 Å². The van der Waals surface area contributed by atoms with E-state index in [-0.39, 0.29) is 11.7 Å². The second-order valence-corrected chi connectivity index (χ2v) is 7.32. The second kappa shape index (κ2) is 6.08. The predicted molar refractivity (Wildman–Crippen MR) is 90.2 cm³/mol. The number of allylic oxidation sites excluding steroid dienone is 2. The van der Waals surface area contributed by atoms with E-state index in [1.165, 1.54) is 17.6 Å². The van der Waals surface area contributed by atoms with Gasteiger partial charge in [0.2, 0.25) is 0 Å². The van der Waals surface area contributed by atoms with E-state index in [0.29, 0.717) is 12.0 Å². The molecule has 0 aromatic heterocycles. The largest absolute Gasteiger partial charge is 0.487 e. The van der Waals surface area contributed by atoms with Crippen molar-refractivity contribution in [2.24, 2.45) is 5.92 Å². The van der Waals surface area contributed by atoms with E-state index >= 15 is 0 Å².